The molecule has 0 bridgehead atoms. The van der Waals surface area contributed by atoms with E-state index >= 15 is 0 Å². The summed E-state index contributed by atoms with van der Waals surface area (Å²) in [7, 11) is 0. The summed E-state index contributed by atoms with van der Waals surface area (Å²) in [5.74, 6) is 1.21. The molecule has 1 aromatic rings. The zero-order chi connectivity index (χ0) is 10.9. The number of hydrogen-bond donors (Lipinski definition) is 1. The molecule has 0 spiro atoms. The third-order valence-electron chi connectivity index (χ3n) is 2.51. The molecule has 0 saturated carbocycles. The Bertz CT molecular complexity index is 288. The lowest BCUT2D eigenvalue weighted by atomic mass is 9.91. The summed E-state index contributed by atoms with van der Waals surface area (Å²) in [6.07, 6.45) is -0.544. The molecular weight excluding hydrogens is 312 g/mol. The van der Waals surface area contributed by atoms with Crippen LogP contribution in [0, 0.1) is 11.8 Å². The van der Waals surface area contributed by atoms with Gasteiger partial charge in [0.1, 0.15) is 11.9 Å². The van der Waals surface area contributed by atoms with Crippen molar-refractivity contribution in [3.63, 3.8) is 0 Å². The van der Waals surface area contributed by atoms with Crippen molar-refractivity contribution in [2.24, 2.45) is 11.8 Å². The highest BCUT2D eigenvalue weighted by Gasteiger charge is 2.23. The van der Waals surface area contributed by atoms with E-state index in [0.717, 1.165) is 4.47 Å². The minimum atomic E-state index is -0.544. The Balaban J connectivity index is 2.83. The number of furan rings is 1. The molecule has 14 heavy (non-hydrogen) atoms. The highest BCUT2D eigenvalue weighted by Crippen LogP contribution is 2.34. The smallest absolute Gasteiger partial charge is 0.183 e. The second-order valence-corrected chi connectivity index (χ2v) is 5.39. The predicted octanol–water partition coefficient (Wildman–Crippen LogP) is 4.13. The monoisotopic (exact) mass is 324 g/mol. The molecule has 1 heterocycles. The lowest BCUT2D eigenvalue weighted by Gasteiger charge is -2.20. The minimum absolute atomic E-state index is 0.181. The summed E-state index contributed by atoms with van der Waals surface area (Å²) in [6.45, 7) is 6.18. The lowest BCUT2D eigenvalue weighted by Crippen LogP contribution is -2.14. The van der Waals surface area contributed by atoms with Crippen molar-refractivity contribution in [3.8, 4) is 0 Å². The molecule has 1 rings (SSSR count). The molecular formula is C10H14Br2O2. The van der Waals surface area contributed by atoms with Crippen LogP contribution in [0.15, 0.2) is 19.6 Å². The summed E-state index contributed by atoms with van der Waals surface area (Å²) < 4.78 is 6.83. The molecule has 0 aliphatic carbocycles. The molecule has 2 nitrogen and oxygen atoms in total. The maximum absolute atomic E-state index is 9.96. The van der Waals surface area contributed by atoms with E-state index in [1.807, 2.05) is 6.92 Å². The summed E-state index contributed by atoms with van der Waals surface area (Å²) in [4.78, 5) is 0. The van der Waals surface area contributed by atoms with Crippen molar-refractivity contribution in [1.29, 1.82) is 0 Å². The number of rotatable bonds is 3. The molecule has 0 radical (unpaired) electrons. The first-order chi connectivity index (χ1) is 6.43. The van der Waals surface area contributed by atoms with Gasteiger partial charge >= 0.3 is 0 Å². The highest BCUT2D eigenvalue weighted by molar-refractivity contribution is 9.13. The third kappa shape index (κ3) is 2.61. The van der Waals surface area contributed by atoms with Gasteiger partial charge in [0, 0.05) is 0 Å². The maximum Gasteiger partial charge on any atom is 0.183 e. The van der Waals surface area contributed by atoms with Crippen molar-refractivity contribution in [2.75, 3.05) is 0 Å². The maximum atomic E-state index is 9.96. The van der Waals surface area contributed by atoms with Crippen LogP contribution >= 0.6 is 31.9 Å². The molecule has 0 aliphatic heterocycles. The van der Waals surface area contributed by atoms with Crippen LogP contribution < -0.4 is 0 Å². The molecule has 1 aromatic heterocycles. The van der Waals surface area contributed by atoms with Gasteiger partial charge in [0.05, 0.1) is 4.47 Å². The van der Waals surface area contributed by atoms with Crippen LogP contribution in [-0.4, -0.2) is 5.11 Å². The standard InChI is InChI=1S/C10H14Br2O2/c1-5(2)6(3)9(13)8-4-7(11)10(12)14-8/h4-6,9,13H,1-3H3. The Morgan fingerprint density at radius 3 is 2.21 bits per heavy atom. The van der Waals surface area contributed by atoms with E-state index in [0.29, 0.717) is 16.3 Å². The molecule has 0 amide bonds. The Labute approximate surface area is 101 Å². The molecule has 4 heteroatoms. The predicted molar refractivity (Wildman–Crippen MR) is 63.1 cm³/mol. The first-order valence-corrected chi connectivity index (χ1v) is 6.15. The van der Waals surface area contributed by atoms with Gasteiger partial charge in [0.25, 0.3) is 0 Å². The van der Waals surface area contributed by atoms with Crippen molar-refractivity contribution in [1.82, 2.24) is 0 Å². The van der Waals surface area contributed by atoms with Crippen LogP contribution in [0.25, 0.3) is 0 Å². The molecule has 0 aromatic carbocycles. The molecule has 0 saturated heterocycles. The zero-order valence-electron chi connectivity index (χ0n) is 8.42. The normalized spacial score (nSPS) is 15.9. The van der Waals surface area contributed by atoms with Gasteiger partial charge in [-0.1, -0.05) is 20.8 Å². The van der Waals surface area contributed by atoms with E-state index in [4.69, 9.17) is 4.42 Å². The van der Waals surface area contributed by atoms with Crippen LogP contribution in [-0.2, 0) is 0 Å². The van der Waals surface area contributed by atoms with Crippen molar-refractivity contribution in [2.45, 2.75) is 26.9 Å². The van der Waals surface area contributed by atoms with E-state index < -0.39 is 6.10 Å². The van der Waals surface area contributed by atoms with Crippen molar-refractivity contribution >= 4 is 31.9 Å². The first kappa shape index (κ1) is 12.3. The van der Waals surface area contributed by atoms with Gasteiger partial charge < -0.3 is 9.52 Å². The van der Waals surface area contributed by atoms with Crippen LogP contribution in [0.3, 0.4) is 0 Å². The fourth-order valence-electron chi connectivity index (χ4n) is 1.13. The van der Waals surface area contributed by atoms with Crippen LogP contribution in [0.2, 0.25) is 0 Å². The quantitative estimate of drug-likeness (QED) is 0.906. The van der Waals surface area contributed by atoms with Gasteiger partial charge in [-0.2, -0.15) is 0 Å². The Morgan fingerprint density at radius 2 is 1.86 bits per heavy atom. The summed E-state index contributed by atoms with van der Waals surface area (Å²) in [5, 5.41) is 9.96. The summed E-state index contributed by atoms with van der Waals surface area (Å²) in [6, 6.07) is 1.80. The molecule has 1 N–H and O–H groups in total. The third-order valence-corrected chi connectivity index (χ3v) is 4.22. The largest absolute Gasteiger partial charge is 0.450 e. The van der Waals surface area contributed by atoms with Crippen LogP contribution in [0.5, 0.6) is 0 Å². The number of hydrogen-bond acceptors (Lipinski definition) is 2. The highest BCUT2D eigenvalue weighted by atomic mass is 79.9. The fraction of sp³-hybridized carbons (Fsp3) is 0.600. The minimum Gasteiger partial charge on any atom is -0.450 e. The molecule has 2 atom stereocenters. The average molecular weight is 326 g/mol. The molecule has 0 aliphatic rings. The van der Waals surface area contributed by atoms with E-state index in [1.54, 1.807) is 6.07 Å². The van der Waals surface area contributed by atoms with Gasteiger partial charge in [-0.3, -0.25) is 0 Å². The fourth-order valence-corrected chi connectivity index (χ4v) is 1.74. The van der Waals surface area contributed by atoms with Gasteiger partial charge in [0.15, 0.2) is 4.67 Å². The lowest BCUT2D eigenvalue weighted by molar-refractivity contribution is 0.0707. The molecule has 80 valence electrons. The number of aliphatic hydroxyl groups excluding tert-OH is 1. The van der Waals surface area contributed by atoms with Crippen molar-refractivity contribution < 1.29 is 9.52 Å². The van der Waals surface area contributed by atoms with Gasteiger partial charge in [0.2, 0.25) is 0 Å². The Kier molecular flexibility index (Phi) is 4.22. The molecule has 2 unspecified atom stereocenters. The van der Waals surface area contributed by atoms with E-state index in [2.05, 4.69) is 45.7 Å². The van der Waals surface area contributed by atoms with E-state index in [9.17, 15) is 5.11 Å². The van der Waals surface area contributed by atoms with Gasteiger partial charge in [-0.05, 0) is 49.8 Å². The van der Waals surface area contributed by atoms with Crippen LogP contribution in [0.1, 0.15) is 32.6 Å². The Morgan fingerprint density at radius 1 is 1.29 bits per heavy atom. The average Bonchev–Trinajstić information content (AvgIpc) is 2.44. The first-order valence-electron chi connectivity index (χ1n) is 4.56. The SMILES string of the molecule is CC(C)C(C)C(O)c1cc(Br)c(Br)o1. The Hall–Kier alpha value is 0.200. The topological polar surface area (TPSA) is 33.4 Å². The molecule has 0 fully saturated rings. The van der Waals surface area contributed by atoms with Gasteiger partial charge in [-0.25, -0.2) is 0 Å². The summed E-state index contributed by atoms with van der Waals surface area (Å²) >= 11 is 6.56. The number of aliphatic hydroxyl groups is 1. The van der Waals surface area contributed by atoms with Crippen LogP contribution in [0.4, 0.5) is 0 Å². The number of halogens is 2. The van der Waals surface area contributed by atoms with Gasteiger partial charge in [-0.15, -0.1) is 0 Å². The second kappa shape index (κ2) is 4.81. The summed E-state index contributed by atoms with van der Waals surface area (Å²) in [5.41, 5.74) is 0. The van der Waals surface area contributed by atoms with E-state index in [1.165, 1.54) is 0 Å². The zero-order valence-corrected chi connectivity index (χ0v) is 11.6. The van der Waals surface area contributed by atoms with E-state index in [-0.39, 0.29) is 5.92 Å². The second-order valence-electron chi connectivity index (χ2n) is 3.82. The van der Waals surface area contributed by atoms with Crippen molar-refractivity contribution in [3.05, 3.63) is 21.0 Å².